The van der Waals surface area contributed by atoms with Crippen LogP contribution < -0.4 is 15.4 Å². The maximum absolute atomic E-state index is 13.3. The van der Waals surface area contributed by atoms with Gasteiger partial charge in [0.05, 0.1) is 23.5 Å². The third-order valence-electron chi connectivity index (χ3n) is 6.55. The maximum Gasteiger partial charge on any atom is 0.251 e. The number of benzene rings is 3. The number of halogens is 1. The van der Waals surface area contributed by atoms with Crippen molar-refractivity contribution in [3.63, 3.8) is 0 Å². The van der Waals surface area contributed by atoms with Crippen LogP contribution in [0.1, 0.15) is 47.1 Å². The van der Waals surface area contributed by atoms with Crippen LogP contribution >= 0.6 is 0 Å². The van der Waals surface area contributed by atoms with E-state index >= 15 is 0 Å². The summed E-state index contributed by atoms with van der Waals surface area (Å²) in [5.74, 6) is -0.481. The zero-order valence-electron chi connectivity index (χ0n) is 22.2. The van der Waals surface area contributed by atoms with Crippen LogP contribution in [-0.4, -0.2) is 32.8 Å². The molecule has 0 fully saturated rings. The molecule has 3 aromatic carbocycles. The molecule has 0 saturated carbocycles. The Bertz CT molecular complexity index is 1570. The number of carbonyl (C=O) groups excluding carboxylic acids is 1. The molecule has 1 aromatic heterocycles. The lowest BCUT2D eigenvalue weighted by atomic mass is 9.90. The molecule has 0 saturated heterocycles. The summed E-state index contributed by atoms with van der Waals surface area (Å²) in [6.45, 7) is 3.63. The van der Waals surface area contributed by atoms with Crippen molar-refractivity contribution in [1.29, 1.82) is 0 Å². The number of nitrogens with two attached hydrogens (primary N) is 1. The normalized spacial score (nSPS) is 13.9. The molecule has 10 heteroatoms. The van der Waals surface area contributed by atoms with Crippen LogP contribution in [-0.2, 0) is 22.0 Å². The number of nitrogens with one attached hydrogen (secondary N) is 1. The smallest absolute Gasteiger partial charge is 0.251 e. The molecule has 0 spiro atoms. The SMILES string of the molecule is CC(NC(=O)c1cc(-c2cc(C(C)(N)Cc3ccccc3)no2)cc(N(C)S(C)(=O)=O)c1)c1ccc(F)cc1. The van der Waals surface area contributed by atoms with Gasteiger partial charge in [0.2, 0.25) is 10.0 Å². The summed E-state index contributed by atoms with van der Waals surface area (Å²) in [6, 6.07) is 21.6. The quantitative estimate of drug-likeness (QED) is 0.310. The highest BCUT2D eigenvalue weighted by atomic mass is 32.2. The second-order valence-corrected chi connectivity index (χ2v) is 11.9. The Morgan fingerprint density at radius 2 is 1.77 bits per heavy atom. The lowest BCUT2D eigenvalue weighted by Crippen LogP contribution is -2.35. The van der Waals surface area contributed by atoms with E-state index in [2.05, 4.69) is 10.5 Å². The van der Waals surface area contributed by atoms with Gasteiger partial charge in [0.25, 0.3) is 5.91 Å². The van der Waals surface area contributed by atoms with Crippen LogP contribution in [0.25, 0.3) is 11.3 Å². The van der Waals surface area contributed by atoms with Crippen molar-refractivity contribution in [2.75, 3.05) is 17.6 Å². The molecule has 8 nitrogen and oxygen atoms in total. The molecule has 0 radical (unpaired) electrons. The highest BCUT2D eigenvalue weighted by molar-refractivity contribution is 7.92. The Morgan fingerprint density at radius 3 is 2.41 bits per heavy atom. The van der Waals surface area contributed by atoms with Gasteiger partial charge in [-0.15, -0.1) is 0 Å². The number of anilines is 1. The largest absolute Gasteiger partial charge is 0.356 e. The molecule has 4 rings (SSSR count). The fourth-order valence-electron chi connectivity index (χ4n) is 4.16. The van der Waals surface area contributed by atoms with Crippen LogP contribution in [0.3, 0.4) is 0 Å². The summed E-state index contributed by atoms with van der Waals surface area (Å²) < 4.78 is 44.6. The van der Waals surface area contributed by atoms with Gasteiger partial charge in [-0.25, -0.2) is 12.8 Å². The summed E-state index contributed by atoms with van der Waals surface area (Å²) in [4.78, 5) is 13.3. The van der Waals surface area contributed by atoms with Gasteiger partial charge in [-0.1, -0.05) is 47.6 Å². The van der Waals surface area contributed by atoms with E-state index in [0.29, 0.717) is 23.4 Å². The molecule has 0 aliphatic rings. The summed E-state index contributed by atoms with van der Waals surface area (Å²) in [6.07, 6.45) is 1.59. The molecule has 0 bridgehead atoms. The number of aromatic nitrogens is 1. The monoisotopic (exact) mass is 550 g/mol. The maximum atomic E-state index is 13.3. The fraction of sp³-hybridized carbons (Fsp3) is 0.241. The third kappa shape index (κ3) is 6.71. The predicted octanol–water partition coefficient (Wildman–Crippen LogP) is 4.78. The van der Waals surface area contributed by atoms with Gasteiger partial charge >= 0.3 is 0 Å². The first-order valence-corrected chi connectivity index (χ1v) is 14.1. The molecule has 204 valence electrons. The minimum absolute atomic E-state index is 0.213. The molecule has 1 amide bonds. The van der Waals surface area contributed by atoms with E-state index in [0.717, 1.165) is 21.7 Å². The van der Waals surface area contributed by atoms with E-state index in [1.54, 1.807) is 37.3 Å². The molecule has 39 heavy (non-hydrogen) atoms. The van der Waals surface area contributed by atoms with E-state index in [4.69, 9.17) is 10.3 Å². The first-order chi connectivity index (χ1) is 18.3. The van der Waals surface area contributed by atoms with Crippen molar-refractivity contribution in [3.05, 3.63) is 107 Å². The lowest BCUT2D eigenvalue weighted by Gasteiger charge is -2.21. The minimum Gasteiger partial charge on any atom is -0.356 e. The Hall–Kier alpha value is -4.02. The van der Waals surface area contributed by atoms with Gasteiger partial charge in [0, 0.05) is 24.2 Å². The van der Waals surface area contributed by atoms with Crippen molar-refractivity contribution in [3.8, 4) is 11.3 Å². The zero-order valence-corrected chi connectivity index (χ0v) is 23.0. The standard InChI is InChI=1S/C29H31FN4O4S/c1-19(21-10-12-24(30)13-11-21)32-28(35)23-14-22(15-25(16-23)34(3)39(4,36)37)26-17-27(33-38-26)29(2,31)18-20-8-6-5-7-9-20/h5-17,19H,18,31H2,1-4H3,(H,32,35). The molecule has 2 unspecified atom stereocenters. The molecular formula is C29H31FN4O4S. The minimum atomic E-state index is -3.62. The molecular weight excluding hydrogens is 519 g/mol. The van der Waals surface area contributed by atoms with E-state index in [-0.39, 0.29) is 17.1 Å². The predicted molar refractivity (Wildman–Crippen MR) is 149 cm³/mol. The van der Waals surface area contributed by atoms with Gasteiger partial charge in [-0.2, -0.15) is 0 Å². The number of hydrogen-bond donors (Lipinski definition) is 2. The highest BCUT2D eigenvalue weighted by Gasteiger charge is 2.27. The fourth-order valence-corrected chi connectivity index (χ4v) is 4.65. The summed E-state index contributed by atoms with van der Waals surface area (Å²) in [5.41, 5.74) is 8.97. The molecule has 2 atom stereocenters. The van der Waals surface area contributed by atoms with Crippen LogP contribution in [0.15, 0.2) is 83.4 Å². The van der Waals surface area contributed by atoms with Crippen LogP contribution in [0.4, 0.5) is 10.1 Å². The molecule has 1 heterocycles. The van der Waals surface area contributed by atoms with Crippen molar-refractivity contribution >= 4 is 21.6 Å². The van der Waals surface area contributed by atoms with E-state index in [1.165, 1.54) is 25.2 Å². The first kappa shape index (κ1) is 28.0. The third-order valence-corrected chi connectivity index (χ3v) is 7.76. The number of nitrogens with zero attached hydrogens (tertiary/aromatic N) is 2. The summed E-state index contributed by atoms with van der Waals surface area (Å²) in [7, 11) is -2.22. The van der Waals surface area contributed by atoms with Gasteiger partial charge in [0.15, 0.2) is 5.76 Å². The number of amides is 1. The number of sulfonamides is 1. The molecule has 0 aliphatic carbocycles. The van der Waals surface area contributed by atoms with E-state index in [9.17, 15) is 17.6 Å². The topological polar surface area (TPSA) is 119 Å². The van der Waals surface area contributed by atoms with Crippen molar-refractivity contribution in [2.24, 2.45) is 5.73 Å². The van der Waals surface area contributed by atoms with Gasteiger partial charge in [0.1, 0.15) is 11.5 Å². The molecule has 3 N–H and O–H groups in total. The second kappa shape index (κ2) is 11.0. The van der Waals surface area contributed by atoms with E-state index < -0.39 is 27.5 Å². The van der Waals surface area contributed by atoms with E-state index in [1.807, 2.05) is 37.3 Å². The van der Waals surface area contributed by atoms with Crippen LogP contribution in [0.2, 0.25) is 0 Å². The highest BCUT2D eigenvalue weighted by Crippen LogP contribution is 2.31. The number of hydrogen-bond acceptors (Lipinski definition) is 6. The lowest BCUT2D eigenvalue weighted by molar-refractivity contribution is 0.0940. The average molecular weight is 551 g/mol. The summed E-state index contributed by atoms with van der Waals surface area (Å²) >= 11 is 0. The zero-order chi connectivity index (χ0) is 28.4. The molecule has 0 aliphatic heterocycles. The Labute approximate surface area is 227 Å². The number of rotatable bonds is 9. The van der Waals surface area contributed by atoms with Crippen LogP contribution in [0, 0.1) is 5.82 Å². The Morgan fingerprint density at radius 1 is 1.10 bits per heavy atom. The van der Waals surface area contributed by atoms with Crippen molar-refractivity contribution in [1.82, 2.24) is 10.5 Å². The summed E-state index contributed by atoms with van der Waals surface area (Å²) in [5, 5.41) is 7.07. The van der Waals surface area contributed by atoms with Crippen molar-refractivity contribution < 1.29 is 22.1 Å². The van der Waals surface area contributed by atoms with Crippen molar-refractivity contribution in [2.45, 2.75) is 31.8 Å². The van der Waals surface area contributed by atoms with Gasteiger partial charge < -0.3 is 15.6 Å². The Balaban J connectivity index is 1.67. The Kier molecular flexibility index (Phi) is 7.89. The van der Waals surface area contributed by atoms with Gasteiger partial charge in [-0.3, -0.25) is 9.10 Å². The average Bonchev–Trinajstić information content (AvgIpc) is 3.40. The number of carbonyl (C=O) groups is 1. The first-order valence-electron chi connectivity index (χ1n) is 12.3. The second-order valence-electron chi connectivity index (χ2n) is 9.90. The van der Waals surface area contributed by atoms with Gasteiger partial charge in [-0.05, 0) is 61.7 Å². The molecule has 4 aromatic rings. The van der Waals surface area contributed by atoms with Crippen LogP contribution in [0.5, 0.6) is 0 Å².